The van der Waals surface area contributed by atoms with E-state index in [0.717, 1.165) is 30.3 Å². The van der Waals surface area contributed by atoms with Gasteiger partial charge in [-0.1, -0.05) is 29.8 Å². The summed E-state index contributed by atoms with van der Waals surface area (Å²) in [5.74, 6) is -8.61. The fraction of sp³-hybridized carbons (Fsp3) is 0.250. The van der Waals surface area contributed by atoms with Crippen LogP contribution in [0.1, 0.15) is 34.3 Å². The van der Waals surface area contributed by atoms with Crippen molar-refractivity contribution < 1.29 is 54.2 Å². The number of nitrogens with one attached hydrogen (secondary N) is 3. The molecule has 3 aromatic rings. The monoisotopic (exact) mass is 717 g/mol. The predicted molar refractivity (Wildman–Crippen MR) is 152 cm³/mol. The van der Waals surface area contributed by atoms with E-state index in [-0.39, 0.29) is 21.8 Å². The Morgan fingerprint density at radius 2 is 1.59 bits per heavy atom. The zero-order valence-electron chi connectivity index (χ0n) is 22.7. The second kappa shape index (κ2) is 12.9. The van der Waals surface area contributed by atoms with Crippen LogP contribution in [0.15, 0.2) is 54.6 Å². The zero-order valence-corrected chi connectivity index (χ0v) is 25.0. The lowest BCUT2D eigenvalue weighted by atomic mass is 10.1. The summed E-state index contributed by atoms with van der Waals surface area (Å²) in [7, 11) is 0. The fourth-order valence-electron chi connectivity index (χ4n) is 4.41. The van der Waals surface area contributed by atoms with Gasteiger partial charge in [0.1, 0.15) is 21.9 Å². The first kappa shape index (κ1) is 35.2. The molecule has 7 nitrogen and oxygen atoms in total. The van der Waals surface area contributed by atoms with Gasteiger partial charge in [0.15, 0.2) is 5.82 Å². The first-order valence-corrected chi connectivity index (χ1v) is 13.8. The Morgan fingerprint density at radius 3 is 2.22 bits per heavy atom. The summed E-state index contributed by atoms with van der Waals surface area (Å²) in [4.78, 5) is 38.0. The third kappa shape index (κ3) is 7.82. The second-order valence-electron chi connectivity index (χ2n) is 9.87. The minimum absolute atomic E-state index is 0.0513. The SMILES string of the molecule is CC(OC(F)(F)F)C(=O)Nc1c(F)ccc(NC(=O)c2cc(NC(=O)[C@H]3C(c4cccc(C(F)(F)F)c4)C3(Cl)Cl)ccc2Cl)c1F. The number of amides is 3. The van der Waals surface area contributed by atoms with E-state index in [1.165, 1.54) is 18.2 Å². The van der Waals surface area contributed by atoms with Crippen LogP contribution in [0, 0.1) is 17.6 Å². The van der Waals surface area contributed by atoms with E-state index in [4.69, 9.17) is 34.8 Å². The number of hydrogen-bond acceptors (Lipinski definition) is 4. The summed E-state index contributed by atoms with van der Waals surface area (Å²) in [5.41, 5.74) is -3.20. The number of halogens is 11. The van der Waals surface area contributed by atoms with Gasteiger partial charge in [0.25, 0.3) is 11.8 Å². The van der Waals surface area contributed by atoms with E-state index in [0.29, 0.717) is 13.0 Å². The lowest BCUT2D eigenvalue weighted by molar-refractivity contribution is -0.335. The molecule has 0 aliphatic heterocycles. The minimum atomic E-state index is -5.21. The molecular formula is C28H18Cl3F8N3O4. The molecule has 3 N–H and O–H groups in total. The van der Waals surface area contributed by atoms with E-state index in [1.54, 1.807) is 5.32 Å². The Balaban J connectivity index is 1.49. The Bertz CT molecular complexity index is 1700. The molecule has 46 heavy (non-hydrogen) atoms. The van der Waals surface area contributed by atoms with Crippen LogP contribution >= 0.6 is 34.8 Å². The van der Waals surface area contributed by atoms with Gasteiger partial charge in [0.05, 0.1) is 27.8 Å². The third-order valence-electron chi connectivity index (χ3n) is 6.65. The molecule has 0 heterocycles. The molecule has 3 aromatic carbocycles. The van der Waals surface area contributed by atoms with Crippen molar-refractivity contribution in [2.75, 3.05) is 16.0 Å². The third-order valence-corrected chi connectivity index (χ3v) is 7.92. The Kier molecular flexibility index (Phi) is 9.84. The van der Waals surface area contributed by atoms with E-state index in [1.807, 2.05) is 0 Å². The largest absolute Gasteiger partial charge is 0.523 e. The van der Waals surface area contributed by atoms with Gasteiger partial charge in [0.2, 0.25) is 5.91 Å². The van der Waals surface area contributed by atoms with E-state index >= 15 is 4.39 Å². The molecule has 1 aliphatic rings. The molecule has 4 rings (SSSR count). The van der Waals surface area contributed by atoms with Crippen molar-refractivity contribution in [3.63, 3.8) is 0 Å². The molecule has 246 valence electrons. The highest BCUT2D eigenvalue weighted by molar-refractivity contribution is 6.53. The molecule has 0 bridgehead atoms. The van der Waals surface area contributed by atoms with Crippen LogP contribution in [0.25, 0.3) is 0 Å². The molecular weight excluding hydrogens is 701 g/mol. The van der Waals surface area contributed by atoms with Crippen LogP contribution in [0.4, 0.5) is 52.2 Å². The molecule has 3 atom stereocenters. The molecule has 0 aromatic heterocycles. The van der Waals surface area contributed by atoms with E-state index in [9.17, 15) is 45.1 Å². The average Bonchev–Trinajstić information content (AvgIpc) is 3.53. The molecule has 18 heteroatoms. The number of rotatable bonds is 8. The summed E-state index contributed by atoms with van der Waals surface area (Å²) in [6, 6.07) is 9.01. The van der Waals surface area contributed by atoms with Crippen molar-refractivity contribution in [2.45, 2.75) is 35.8 Å². The Hall–Kier alpha value is -3.66. The number of carbonyl (C=O) groups excluding carboxylic acids is 3. The number of anilines is 3. The molecule has 0 spiro atoms. The van der Waals surface area contributed by atoms with Gasteiger partial charge < -0.3 is 16.0 Å². The highest BCUT2D eigenvalue weighted by Gasteiger charge is 2.67. The lowest BCUT2D eigenvalue weighted by Crippen LogP contribution is -2.33. The smallest absolute Gasteiger partial charge is 0.326 e. The summed E-state index contributed by atoms with van der Waals surface area (Å²) >= 11 is 18.6. The highest BCUT2D eigenvalue weighted by Crippen LogP contribution is 2.65. The molecule has 3 amide bonds. The minimum Gasteiger partial charge on any atom is -0.326 e. The van der Waals surface area contributed by atoms with Crippen LogP contribution < -0.4 is 16.0 Å². The highest BCUT2D eigenvalue weighted by atomic mass is 35.5. The molecule has 1 fully saturated rings. The fourth-order valence-corrected chi connectivity index (χ4v) is 5.44. The van der Waals surface area contributed by atoms with Gasteiger partial charge in [-0.05, 0) is 48.9 Å². The maximum atomic E-state index is 15.0. The summed E-state index contributed by atoms with van der Waals surface area (Å²) in [6.45, 7) is 0.688. The molecule has 2 unspecified atom stereocenters. The van der Waals surface area contributed by atoms with Crippen molar-refractivity contribution >= 4 is 69.6 Å². The van der Waals surface area contributed by atoms with Crippen LogP contribution in [-0.2, 0) is 20.5 Å². The quantitative estimate of drug-likeness (QED) is 0.161. The van der Waals surface area contributed by atoms with Gasteiger partial charge in [-0.25, -0.2) is 8.78 Å². The molecule has 0 radical (unpaired) electrons. The van der Waals surface area contributed by atoms with Gasteiger partial charge >= 0.3 is 12.5 Å². The Labute approximate surface area is 269 Å². The van der Waals surface area contributed by atoms with Crippen molar-refractivity contribution in [1.29, 1.82) is 0 Å². The van der Waals surface area contributed by atoms with Gasteiger partial charge in [-0.3, -0.25) is 19.1 Å². The molecule has 0 saturated heterocycles. The van der Waals surface area contributed by atoms with Gasteiger partial charge in [0, 0.05) is 11.6 Å². The van der Waals surface area contributed by atoms with Crippen LogP contribution in [0.3, 0.4) is 0 Å². The van der Waals surface area contributed by atoms with Crippen molar-refractivity contribution in [3.8, 4) is 0 Å². The molecule has 1 aliphatic carbocycles. The van der Waals surface area contributed by atoms with Crippen molar-refractivity contribution in [3.05, 3.63) is 87.9 Å². The normalized spacial score (nSPS) is 18.0. The van der Waals surface area contributed by atoms with Crippen molar-refractivity contribution in [2.24, 2.45) is 5.92 Å². The van der Waals surface area contributed by atoms with E-state index < -0.39 is 81.1 Å². The zero-order chi connectivity index (χ0) is 34.4. The molecule has 1 saturated carbocycles. The Morgan fingerprint density at radius 1 is 0.913 bits per heavy atom. The standard InChI is InChI=1S/C28H18Cl3F8N3O4/c1-11(46-28(37,38)39)23(43)42-22-17(32)7-8-18(21(22)33)41-24(44)15-10-14(5-6-16(15)29)40-25(45)20-19(26(20,30)31)12-3-2-4-13(9-12)27(34,35)36/h2-11,19-20H,1H3,(H,40,45)(H,41,44)(H,42,43)/t11?,19?,20-/m1/s1. The van der Waals surface area contributed by atoms with Crippen LogP contribution in [-0.4, -0.2) is 34.5 Å². The van der Waals surface area contributed by atoms with Gasteiger partial charge in [-0.15, -0.1) is 36.4 Å². The second-order valence-corrected chi connectivity index (χ2v) is 11.7. The number of hydrogen-bond donors (Lipinski definition) is 3. The number of benzene rings is 3. The summed E-state index contributed by atoms with van der Waals surface area (Å²) < 4.78 is 108. The van der Waals surface area contributed by atoms with Crippen LogP contribution in [0.2, 0.25) is 5.02 Å². The van der Waals surface area contributed by atoms with Crippen LogP contribution in [0.5, 0.6) is 0 Å². The predicted octanol–water partition coefficient (Wildman–Crippen LogP) is 8.28. The first-order chi connectivity index (χ1) is 21.2. The maximum absolute atomic E-state index is 15.0. The first-order valence-electron chi connectivity index (χ1n) is 12.7. The van der Waals surface area contributed by atoms with E-state index in [2.05, 4.69) is 15.4 Å². The maximum Gasteiger partial charge on any atom is 0.523 e. The summed E-state index contributed by atoms with van der Waals surface area (Å²) in [5, 5.41) is 5.93. The van der Waals surface area contributed by atoms with Gasteiger partial charge in [-0.2, -0.15) is 13.2 Å². The number of carbonyl (C=O) groups is 3. The lowest BCUT2D eigenvalue weighted by Gasteiger charge is -2.17. The topological polar surface area (TPSA) is 96.5 Å². The average molecular weight is 719 g/mol. The number of alkyl halides is 8. The van der Waals surface area contributed by atoms with Crippen molar-refractivity contribution in [1.82, 2.24) is 0 Å². The number of ether oxygens (including phenoxy) is 1. The summed E-state index contributed by atoms with van der Waals surface area (Å²) in [6.07, 6.45) is -12.1.